The van der Waals surface area contributed by atoms with Crippen molar-refractivity contribution in [1.29, 1.82) is 0 Å². The van der Waals surface area contributed by atoms with Gasteiger partial charge in [-0.05, 0) is 12.5 Å². The average molecular weight is 353 g/mol. The zero-order valence-electron chi connectivity index (χ0n) is 14.8. The average Bonchev–Trinajstić information content (AvgIpc) is 3.22. The molecule has 1 N–H and O–H groups in total. The third-order valence-corrected chi connectivity index (χ3v) is 4.03. The van der Waals surface area contributed by atoms with Crippen LogP contribution in [0.5, 0.6) is 0 Å². The number of amides is 1. The minimum atomic E-state index is -0.608. The van der Waals surface area contributed by atoms with Crippen molar-refractivity contribution >= 4 is 17.6 Å². The van der Waals surface area contributed by atoms with Gasteiger partial charge in [0.15, 0.2) is 5.69 Å². The van der Waals surface area contributed by atoms with Gasteiger partial charge in [-0.2, -0.15) is 10.2 Å². The second kappa shape index (κ2) is 7.22. The van der Waals surface area contributed by atoms with Gasteiger partial charge in [0.2, 0.25) is 0 Å². The van der Waals surface area contributed by atoms with Crippen LogP contribution in [0, 0.1) is 6.92 Å². The van der Waals surface area contributed by atoms with Crippen LogP contribution in [0.3, 0.4) is 0 Å². The standard InChI is InChI=1S/C18H19N5O3/c1-12-15(16(18(25)26-3)21-22(12)2)20-17(24)14-9-19-23(11-14)10-13-7-5-4-6-8-13/h4-9,11H,10H2,1-3H3,(H,20,24). The number of rotatable bonds is 5. The van der Waals surface area contributed by atoms with Crippen molar-refractivity contribution in [3.8, 4) is 0 Å². The van der Waals surface area contributed by atoms with E-state index in [0.29, 0.717) is 23.5 Å². The third kappa shape index (κ3) is 3.49. The first kappa shape index (κ1) is 17.4. The van der Waals surface area contributed by atoms with Gasteiger partial charge in [0.05, 0.1) is 36.8 Å². The summed E-state index contributed by atoms with van der Waals surface area (Å²) in [7, 11) is 2.96. The molecule has 0 fully saturated rings. The monoisotopic (exact) mass is 353 g/mol. The Labute approximate surface area is 150 Å². The summed E-state index contributed by atoms with van der Waals surface area (Å²) >= 11 is 0. The lowest BCUT2D eigenvalue weighted by Crippen LogP contribution is -2.15. The number of hydrogen-bond donors (Lipinski definition) is 1. The summed E-state index contributed by atoms with van der Waals surface area (Å²) in [5.74, 6) is -0.977. The van der Waals surface area contributed by atoms with Crippen molar-refractivity contribution in [2.24, 2.45) is 7.05 Å². The maximum absolute atomic E-state index is 12.6. The second-order valence-corrected chi connectivity index (χ2v) is 5.79. The zero-order chi connectivity index (χ0) is 18.7. The Kier molecular flexibility index (Phi) is 4.83. The maximum atomic E-state index is 12.6. The summed E-state index contributed by atoms with van der Waals surface area (Å²) in [5, 5.41) is 11.0. The maximum Gasteiger partial charge on any atom is 0.360 e. The van der Waals surface area contributed by atoms with Gasteiger partial charge in [0.25, 0.3) is 5.91 Å². The first-order valence-electron chi connectivity index (χ1n) is 7.99. The van der Waals surface area contributed by atoms with Crippen molar-refractivity contribution in [3.63, 3.8) is 0 Å². The summed E-state index contributed by atoms with van der Waals surface area (Å²) in [6, 6.07) is 9.82. The van der Waals surface area contributed by atoms with Crippen LogP contribution in [0.2, 0.25) is 0 Å². The van der Waals surface area contributed by atoms with Crippen molar-refractivity contribution < 1.29 is 14.3 Å². The highest BCUT2D eigenvalue weighted by Crippen LogP contribution is 2.21. The second-order valence-electron chi connectivity index (χ2n) is 5.79. The topological polar surface area (TPSA) is 91.0 Å². The highest BCUT2D eigenvalue weighted by atomic mass is 16.5. The van der Waals surface area contributed by atoms with E-state index in [1.807, 2.05) is 30.3 Å². The zero-order valence-corrected chi connectivity index (χ0v) is 14.8. The van der Waals surface area contributed by atoms with E-state index in [-0.39, 0.29) is 11.6 Å². The van der Waals surface area contributed by atoms with Crippen LogP contribution in [0.15, 0.2) is 42.7 Å². The third-order valence-electron chi connectivity index (χ3n) is 4.03. The minimum Gasteiger partial charge on any atom is -0.464 e. The summed E-state index contributed by atoms with van der Waals surface area (Å²) < 4.78 is 7.92. The summed E-state index contributed by atoms with van der Waals surface area (Å²) in [4.78, 5) is 24.4. The number of hydrogen-bond acceptors (Lipinski definition) is 5. The molecule has 0 spiro atoms. The van der Waals surface area contributed by atoms with Crippen molar-refractivity contribution in [3.05, 3.63) is 65.2 Å². The molecule has 1 aromatic carbocycles. The molecule has 0 bridgehead atoms. The SMILES string of the molecule is COC(=O)c1nn(C)c(C)c1NC(=O)c1cnn(Cc2ccccc2)c1. The number of ether oxygens (including phenoxy) is 1. The molecule has 0 radical (unpaired) electrons. The molecule has 0 aliphatic rings. The van der Waals surface area contributed by atoms with Crippen molar-refractivity contribution in [2.75, 3.05) is 12.4 Å². The number of nitrogens with one attached hydrogen (secondary N) is 1. The van der Waals surface area contributed by atoms with Gasteiger partial charge in [-0.1, -0.05) is 30.3 Å². The molecule has 1 amide bonds. The van der Waals surface area contributed by atoms with E-state index in [1.165, 1.54) is 18.0 Å². The lowest BCUT2D eigenvalue weighted by Gasteiger charge is -2.05. The quantitative estimate of drug-likeness (QED) is 0.709. The highest BCUT2D eigenvalue weighted by Gasteiger charge is 2.22. The molecule has 26 heavy (non-hydrogen) atoms. The molecule has 2 aromatic heterocycles. The van der Waals surface area contributed by atoms with E-state index in [9.17, 15) is 9.59 Å². The molecule has 8 heteroatoms. The van der Waals surface area contributed by atoms with Gasteiger partial charge >= 0.3 is 5.97 Å². The molecule has 134 valence electrons. The van der Waals surface area contributed by atoms with E-state index < -0.39 is 5.97 Å². The Morgan fingerprint density at radius 1 is 1.23 bits per heavy atom. The van der Waals surface area contributed by atoms with E-state index in [1.54, 1.807) is 24.9 Å². The van der Waals surface area contributed by atoms with Crippen molar-refractivity contribution in [2.45, 2.75) is 13.5 Å². The molecule has 0 saturated carbocycles. The van der Waals surface area contributed by atoms with Crippen LogP contribution in [0.1, 0.15) is 32.1 Å². The molecule has 0 unspecified atom stereocenters. The molecular weight excluding hydrogens is 334 g/mol. The predicted octanol–water partition coefficient (Wildman–Crippen LogP) is 2.01. The summed E-state index contributed by atoms with van der Waals surface area (Å²) in [6.07, 6.45) is 3.15. The summed E-state index contributed by atoms with van der Waals surface area (Å²) in [6.45, 7) is 2.32. The van der Waals surface area contributed by atoms with Gasteiger partial charge in [0.1, 0.15) is 0 Å². The van der Waals surface area contributed by atoms with E-state index in [4.69, 9.17) is 4.74 Å². The van der Waals surface area contributed by atoms with E-state index in [2.05, 4.69) is 15.5 Å². The number of methoxy groups -OCH3 is 1. The molecule has 0 atom stereocenters. The number of esters is 1. The molecule has 2 heterocycles. The Morgan fingerprint density at radius 3 is 2.65 bits per heavy atom. The summed E-state index contributed by atoms with van der Waals surface area (Å²) in [5.41, 5.74) is 2.52. The fraction of sp³-hybridized carbons (Fsp3) is 0.222. The molecule has 3 rings (SSSR count). The van der Waals surface area contributed by atoms with Crippen LogP contribution in [-0.2, 0) is 18.3 Å². The van der Waals surface area contributed by atoms with Crippen LogP contribution in [0.25, 0.3) is 0 Å². The molecule has 0 aliphatic heterocycles. The number of benzene rings is 1. The highest BCUT2D eigenvalue weighted by molar-refractivity contribution is 6.07. The number of aryl methyl sites for hydroxylation is 1. The van der Waals surface area contributed by atoms with E-state index in [0.717, 1.165) is 5.56 Å². The molecule has 8 nitrogen and oxygen atoms in total. The van der Waals surface area contributed by atoms with Crippen LogP contribution < -0.4 is 5.32 Å². The largest absolute Gasteiger partial charge is 0.464 e. The smallest absolute Gasteiger partial charge is 0.360 e. The van der Waals surface area contributed by atoms with Gasteiger partial charge in [-0.25, -0.2) is 4.79 Å². The molecular formula is C18H19N5O3. The number of carbonyl (C=O) groups excluding carboxylic acids is 2. The Morgan fingerprint density at radius 2 is 1.96 bits per heavy atom. The predicted molar refractivity (Wildman–Crippen MR) is 95.0 cm³/mol. The first-order valence-corrected chi connectivity index (χ1v) is 7.99. The number of carbonyl (C=O) groups is 2. The fourth-order valence-electron chi connectivity index (χ4n) is 2.52. The number of nitrogens with zero attached hydrogens (tertiary/aromatic N) is 4. The Balaban J connectivity index is 1.78. The van der Waals surface area contributed by atoms with E-state index >= 15 is 0 Å². The van der Waals surface area contributed by atoms with Gasteiger partial charge in [0, 0.05) is 13.2 Å². The van der Waals surface area contributed by atoms with Crippen molar-refractivity contribution in [1.82, 2.24) is 19.6 Å². The van der Waals surface area contributed by atoms with Gasteiger partial charge in [-0.15, -0.1) is 0 Å². The van der Waals surface area contributed by atoms with Gasteiger partial charge in [-0.3, -0.25) is 14.2 Å². The Hall–Kier alpha value is -3.42. The number of anilines is 1. The molecule has 0 saturated heterocycles. The lowest BCUT2D eigenvalue weighted by molar-refractivity contribution is 0.0594. The Bertz CT molecular complexity index is 943. The molecule has 0 aliphatic carbocycles. The fourth-order valence-corrected chi connectivity index (χ4v) is 2.52. The minimum absolute atomic E-state index is 0.0672. The van der Waals surface area contributed by atoms with Crippen LogP contribution >= 0.6 is 0 Å². The lowest BCUT2D eigenvalue weighted by atomic mass is 10.2. The van der Waals surface area contributed by atoms with Crippen LogP contribution in [0.4, 0.5) is 5.69 Å². The normalized spacial score (nSPS) is 10.6. The van der Waals surface area contributed by atoms with Gasteiger partial charge < -0.3 is 10.1 Å². The van der Waals surface area contributed by atoms with Crippen LogP contribution in [-0.4, -0.2) is 38.5 Å². The molecule has 3 aromatic rings. The number of aromatic nitrogens is 4. The first-order chi connectivity index (χ1) is 12.5.